The van der Waals surface area contributed by atoms with E-state index in [0.29, 0.717) is 5.75 Å². The number of rotatable bonds is 10. The minimum Gasteiger partial charge on any atom is -0.507 e. The molecule has 0 amide bonds. The molecule has 1 N–H and O–H groups in total. The van der Waals surface area contributed by atoms with E-state index in [2.05, 4.69) is 19.6 Å². The number of phenolic OH excluding ortho intramolecular Hbond substituents is 1. The van der Waals surface area contributed by atoms with E-state index in [1.807, 2.05) is 32.0 Å². The molecule has 128 valence electrons. The fraction of sp³-hybridized carbons (Fsp3) is 0.700. The lowest BCUT2D eigenvalue weighted by Crippen LogP contribution is -1.81. The maximum Gasteiger partial charge on any atom is 0.121 e. The Hall–Kier alpha value is -0.630. The Labute approximate surface area is 143 Å². The first-order valence-corrected chi connectivity index (χ1v) is 9.62. The van der Waals surface area contributed by atoms with Crippen molar-refractivity contribution in [1.82, 2.24) is 0 Å². The molecule has 1 nitrogen and oxygen atoms in total. The summed E-state index contributed by atoms with van der Waals surface area (Å²) < 4.78 is 0. The summed E-state index contributed by atoms with van der Waals surface area (Å²) >= 11 is 4.20. The van der Waals surface area contributed by atoms with Crippen LogP contribution in [0.4, 0.5) is 0 Å². The minimum atomic E-state index is 0.414. The van der Waals surface area contributed by atoms with E-state index in [4.69, 9.17) is 0 Å². The standard InChI is InChI=1S/C12H26S.C8H10O/c1-2-3-4-5-6-7-8-9-10-11-12-13;1-6-4-3-5-7(2)8(6)9/h13H,2-12H2,1H3;3-5,9H,1-2H3. The lowest BCUT2D eigenvalue weighted by Gasteiger charge is -2.00. The number of benzene rings is 1. The van der Waals surface area contributed by atoms with Gasteiger partial charge in [0.15, 0.2) is 0 Å². The van der Waals surface area contributed by atoms with Crippen LogP contribution in [0.5, 0.6) is 5.75 Å². The third-order valence-electron chi connectivity index (χ3n) is 3.95. The highest BCUT2D eigenvalue weighted by atomic mass is 32.1. The molecule has 1 aromatic rings. The zero-order chi connectivity index (χ0) is 16.6. The number of hydrogen-bond acceptors (Lipinski definition) is 2. The van der Waals surface area contributed by atoms with E-state index in [1.54, 1.807) is 0 Å². The van der Waals surface area contributed by atoms with E-state index >= 15 is 0 Å². The average Bonchev–Trinajstić information content (AvgIpc) is 2.52. The third-order valence-corrected chi connectivity index (χ3v) is 4.27. The summed E-state index contributed by atoms with van der Waals surface area (Å²) in [5, 5.41) is 9.21. The highest BCUT2D eigenvalue weighted by molar-refractivity contribution is 7.80. The molecule has 0 aliphatic rings. The zero-order valence-corrected chi connectivity index (χ0v) is 15.8. The lowest BCUT2D eigenvalue weighted by molar-refractivity contribution is 0.467. The van der Waals surface area contributed by atoms with Crippen LogP contribution >= 0.6 is 12.6 Å². The van der Waals surface area contributed by atoms with E-state index in [9.17, 15) is 5.11 Å². The van der Waals surface area contributed by atoms with E-state index in [-0.39, 0.29) is 0 Å². The van der Waals surface area contributed by atoms with Crippen LogP contribution in [0.15, 0.2) is 18.2 Å². The van der Waals surface area contributed by atoms with Crippen molar-refractivity contribution in [3.8, 4) is 5.75 Å². The normalized spacial score (nSPS) is 10.2. The summed E-state index contributed by atoms with van der Waals surface area (Å²) in [6.07, 6.45) is 14.2. The van der Waals surface area contributed by atoms with Gasteiger partial charge in [0.05, 0.1) is 0 Å². The van der Waals surface area contributed by atoms with Crippen LogP contribution in [-0.2, 0) is 0 Å². The molecule has 0 aliphatic carbocycles. The summed E-state index contributed by atoms with van der Waals surface area (Å²) in [6.45, 7) is 6.06. The Morgan fingerprint density at radius 1 is 0.773 bits per heavy atom. The lowest BCUT2D eigenvalue weighted by atomic mass is 10.1. The van der Waals surface area contributed by atoms with Crippen LogP contribution in [-0.4, -0.2) is 10.9 Å². The van der Waals surface area contributed by atoms with Crippen molar-refractivity contribution in [2.75, 3.05) is 5.75 Å². The van der Waals surface area contributed by atoms with Gasteiger partial charge >= 0.3 is 0 Å². The second-order valence-corrected chi connectivity index (χ2v) is 6.59. The van der Waals surface area contributed by atoms with Gasteiger partial charge in [-0.2, -0.15) is 12.6 Å². The first-order chi connectivity index (χ1) is 10.6. The first kappa shape index (κ1) is 21.4. The van der Waals surface area contributed by atoms with Crippen LogP contribution in [0.25, 0.3) is 0 Å². The van der Waals surface area contributed by atoms with Crippen molar-refractivity contribution in [2.24, 2.45) is 0 Å². The Morgan fingerprint density at radius 2 is 1.18 bits per heavy atom. The molecule has 0 saturated heterocycles. The van der Waals surface area contributed by atoms with Crippen LogP contribution < -0.4 is 0 Å². The Kier molecular flexibility index (Phi) is 14.8. The van der Waals surface area contributed by atoms with Crippen molar-refractivity contribution in [3.05, 3.63) is 29.3 Å². The van der Waals surface area contributed by atoms with Gasteiger partial charge in [0.25, 0.3) is 0 Å². The highest BCUT2D eigenvalue weighted by Crippen LogP contribution is 2.19. The molecule has 0 spiro atoms. The van der Waals surface area contributed by atoms with Crippen LogP contribution in [0.3, 0.4) is 0 Å². The van der Waals surface area contributed by atoms with Gasteiger partial charge in [0, 0.05) is 0 Å². The summed E-state index contributed by atoms with van der Waals surface area (Å²) in [6, 6.07) is 5.72. The largest absolute Gasteiger partial charge is 0.507 e. The predicted octanol–water partition coefficient (Wildman–Crippen LogP) is 6.85. The molecule has 22 heavy (non-hydrogen) atoms. The monoisotopic (exact) mass is 324 g/mol. The molecular weight excluding hydrogens is 288 g/mol. The van der Waals surface area contributed by atoms with Gasteiger partial charge < -0.3 is 5.11 Å². The molecule has 1 aromatic carbocycles. The Bertz CT molecular complexity index is 332. The molecule has 0 radical (unpaired) electrons. The molecule has 0 fully saturated rings. The second kappa shape index (κ2) is 15.3. The molecule has 1 rings (SSSR count). The summed E-state index contributed by atoms with van der Waals surface area (Å²) in [5.41, 5.74) is 1.88. The molecule has 0 bridgehead atoms. The van der Waals surface area contributed by atoms with Gasteiger partial charge in [-0.05, 0) is 37.1 Å². The fourth-order valence-corrected chi connectivity index (χ4v) is 2.63. The third kappa shape index (κ3) is 12.0. The van der Waals surface area contributed by atoms with E-state index in [0.717, 1.165) is 16.9 Å². The minimum absolute atomic E-state index is 0.414. The van der Waals surface area contributed by atoms with Gasteiger partial charge in [0.2, 0.25) is 0 Å². The van der Waals surface area contributed by atoms with Crippen molar-refractivity contribution >= 4 is 12.6 Å². The Morgan fingerprint density at radius 3 is 1.55 bits per heavy atom. The Balaban J connectivity index is 0.000000425. The van der Waals surface area contributed by atoms with Gasteiger partial charge in [-0.15, -0.1) is 0 Å². The quantitative estimate of drug-likeness (QED) is 0.356. The number of hydrogen-bond donors (Lipinski definition) is 2. The molecule has 0 aromatic heterocycles. The second-order valence-electron chi connectivity index (χ2n) is 6.15. The fourth-order valence-electron chi connectivity index (χ4n) is 2.40. The average molecular weight is 325 g/mol. The van der Waals surface area contributed by atoms with Crippen molar-refractivity contribution in [3.63, 3.8) is 0 Å². The molecule has 0 atom stereocenters. The molecule has 0 saturated carbocycles. The maximum atomic E-state index is 9.21. The highest BCUT2D eigenvalue weighted by Gasteiger charge is 1.95. The molecular formula is C20H36OS. The molecule has 0 unspecified atom stereocenters. The summed E-state index contributed by atoms with van der Waals surface area (Å²) in [7, 11) is 0. The first-order valence-electron chi connectivity index (χ1n) is 8.99. The topological polar surface area (TPSA) is 20.2 Å². The van der Waals surface area contributed by atoms with Gasteiger partial charge in [-0.3, -0.25) is 0 Å². The van der Waals surface area contributed by atoms with Gasteiger partial charge in [-0.1, -0.05) is 82.9 Å². The van der Waals surface area contributed by atoms with Gasteiger partial charge in [-0.25, -0.2) is 0 Å². The molecule has 2 heteroatoms. The number of phenols is 1. The van der Waals surface area contributed by atoms with E-state index < -0.39 is 0 Å². The number of thiol groups is 1. The number of aryl methyl sites for hydroxylation is 2. The molecule has 0 aliphatic heterocycles. The van der Waals surface area contributed by atoms with Crippen molar-refractivity contribution in [2.45, 2.75) is 85.0 Å². The number of unbranched alkanes of at least 4 members (excludes halogenated alkanes) is 9. The zero-order valence-electron chi connectivity index (χ0n) is 14.9. The van der Waals surface area contributed by atoms with Crippen molar-refractivity contribution in [1.29, 1.82) is 0 Å². The van der Waals surface area contributed by atoms with Crippen LogP contribution in [0, 0.1) is 13.8 Å². The predicted molar refractivity (Wildman–Crippen MR) is 103 cm³/mol. The van der Waals surface area contributed by atoms with Crippen LogP contribution in [0.2, 0.25) is 0 Å². The van der Waals surface area contributed by atoms with E-state index in [1.165, 1.54) is 64.2 Å². The van der Waals surface area contributed by atoms with Crippen LogP contribution in [0.1, 0.15) is 82.3 Å². The smallest absolute Gasteiger partial charge is 0.121 e. The maximum absolute atomic E-state index is 9.21. The SMILES string of the molecule is CCCCCCCCCCCCS.Cc1cccc(C)c1O. The molecule has 0 heterocycles. The van der Waals surface area contributed by atoms with Crippen molar-refractivity contribution < 1.29 is 5.11 Å². The number of aromatic hydroxyl groups is 1. The number of para-hydroxylation sites is 1. The summed E-state index contributed by atoms with van der Waals surface area (Å²) in [4.78, 5) is 0. The van der Waals surface area contributed by atoms with Gasteiger partial charge in [0.1, 0.15) is 5.75 Å². The summed E-state index contributed by atoms with van der Waals surface area (Å²) in [5.74, 6) is 1.48.